The maximum atomic E-state index is 11.5. The quantitative estimate of drug-likeness (QED) is 0.240. The van der Waals surface area contributed by atoms with Gasteiger partial charge in [0.25, 0.3) is 10.1 Å². The fourth-order valence-electron chi connectivity index (χ4n) is 3.13. The molecule has 1 atom stereocenters. The summed E-state index contributed by atoms with van der Waals surface area (Å²) in [5, 5.41) is 2.97. The number of benzene rings is 3. The Bertz CT molecular complexity index is 1070. The van der Waals surface area contributed by atoms with E-state index in [2.05, 4.69) is 50.1 Å². The Balaban J connectivity index is 1.79. The summed E-state index contributed by atoms with van der Waals surface area (Å²) in [6.07, 6.45) is 1.96. The van der Waals surface area contributed by atoms with Crippen molar-refractivity contribution in [1.82, 2.24) is 0 Å². The Hall–Kier alpha value is -1.41. The SMILES string of the molecule is CS(=O)(=O)OC(CCCBr)COc1ccc2c(-c3ccc(Br)cc3)cccc2c1. The van der Waals surface area contributed by atoms with Gasteiger partial charge in [0.05, 0.1) is 6.26 Å². The van der Waals surface area contributed by atoms with Gasteiger partial charge in [0.2, 0.25) is 0 Å². The van der Waals surface area contributed by atoms with Crippen molar-refractivity contribution < 1.29 is 17.3 Å². The first kappa shape index (κ1) is 22.3. The van der Waals surface area contributed by atoms with Gasteiger partial charge in [-0.15, -0.1) is 0 Å². The van der Waals surface area contributed by atoms with Crippen molar-refractivity contribution >= 4 is 52.8 Å². The highest BCUT2D eigenvalue weighted by Gasteiger charge is 2.16. The molecule has 0 saturated carbocycles. The van der Waals surface area contributed by atoms with E-state index in [0.717, 1.165) is 44.4 Å². The smallest absolute Gasteiger partial charge is 0.264 e. The number of rotatable bonds is 9. The molecule has 0 fully saturated rings. The first-order valence-corrected chi connectivity index (χ1v) is 12.9. The van der Waals surface area contributed by atoms with E-state index >= 15 is 0 Å². The highest BCUT2D eigenvalue weighted by Crippen LogP contribution is 2.31. The number of alkyl halides is 1. The van der Waals surface area contributed by atoms with E-state index in [9.17, 15) is 8.42 Å². The van der Waals surface area contributed by atoms with Crippen molar-refractivity contribution in [3.8, 4) is 16.9 Å². The van der Waals surface area contributed by atoms with Gasteiger partial charge in [-0.3, -0.25) is 4.18 Å². The van der Waals surface area contributed by atoms with Crippen LogP contribution in [0.4, 0.5) is 0 Å². The Morgan fingerprint density at radius 3 is 2.48 bits per heavy atom. The van der Waals surface area contributed by atoms with Gasteiger partial charge in [0.1, 0.15) is 18.5 Å². The second kappa shape index (κ2) is 10.1. The largest absolute Gasteiger partial charge is 0.491 e. The average Bonchev–Trinajstić information content (AvgIpc) is 2.69. The van der Waals surface area contributed by atoms with Gasteiger partial charge >= 0.3 is 0 Å². The Labute approximate surface area is 188 Å². The Morgan fingerprint density at radius 1 is 1.03 bits per heavy atom. The van der Waals surface area contributed by atoms with Crippen molar-refractivity contribution in [3.63, 3.8) is 0 Å². The molecule has 0 aliphatic rings. The molecule has 0 saturated heterocycles. The van der Waals surface area contributed by atoms with E-state index in [1.54, 1.807) is 0 Å². The van der Waals surface area contributed by atoms with E-state index in [1.165, 1.54) is 0 Å². The highest BCUT2D eigenvalue weighted by molar-refractivity contribution is 9.10. The van der Waals surface area contributed by atoms with Crippen LogP contribution in [0.3, 0.4) is 0 Å². The third-order valence-corrected chi connectivity index (χ3v) is 6.12. The molecule has 0 N–H and O–H groups in total. The number of fused-ring (bicyclic) bond motifs is 1. The van der Waals surface area contributed by atoms with Crippen LogP contribution in [0.25, 0.3) is 21.9 Å². The van der Waals surface area contributed by atoms with E-state index in [1.807, 2.05) is 42.5 Å². The van der Waals surface area contributed by atoms with Crippen molar-refractivity contribution in [3.05, 3.63) is 65.1 Å². The molecule has 3 aromatic carbocycles. The van der Waals surface area contributed by atoms with Gasteiger partial charge in [0, 0.05) is 9.80 Å². The summed E-state index contributed by atoms with van der Waals surface area (Å²) in [4.78, 5) is 0. The zero-order valence-electron chi connectivity index (χ0n) is 16.0. The number of hydrogen-bond donors (Lipinski definition) is 0. The summed E-state index contributed by atoms with van der Waals surface area (Å²) in [6.45, 7) is 0.179. The maximum absolute atomic E-state index is 11.5. The minimum Gasteiger partial charge on any atom is -0.491 e. The molecule has 7 heteroatoms. The fourth-order valence-corrected chi connectivity index (χ4v) is 4.37. The second-order valence-corrected chi connectivity index (χ2v) is 10.1. The highest BCUT2D eigenvalue weighted by atomic mass is 79.9. The lowest BCUT2D eigenvalue weighted by Crippen LogP contribution is -2.25. The number of ether oxygens (including phenoxy) is 1. The minimum absolute atomic E-state index is 0.179. The third-order valence-electron chi connectivity index (χ3n) is 4.41. The third kappa shape index (κ3) is 6.54. The molecule has 0 heterocycles. The van der Waals surface area contributed by atoms with E-state index in [-0.39, 0.29) is 6.61 Å². The van der Waals surface area contributed by atoms with Crippen molar-refractivity contribution in [2.75, 3.05) is 18.2 Å². The summed E-state index contributed by atoms with van der Waals surface area (Å²) in [5.41, 5.74) is 2.29. The average molecular weight is 542 g/mol. The van der Waals surface area contributed by atoms with Gasteiger partial charge in [-0.25, -0.2) is 0 Å². The first-order chi connectivity index (χ1) is 13.9. The molecule has 4 nitrogen and oxygen atoms in total. The molecule has 0 bridgehead atoms. The summed E-state index contributed by atoms with van der Waals surface area (Å²) in [5.74, 6) is 0.686. The van der Waals surface area contributed by atoms with E-state index < -0.39 is 16.2 Å². The van der Waals surface area contributed by atoms with Crippen molar-refractivity contribution in [2.45, 2.75) is 18.9 Å². The van der Waals surface area contributed by atoms with Crippen LogP contribution in [-0.2, 0) is 14.3 Å². The van der Waals surface area contributed by atoms with Crippen LogP contribution < -0.4 is 4.74 Å². The number of halogens is 2. The molecule has 0 radical (unpaired) electrons. The fraction of sp³-hybridized carbons (Fsp3) is 0.273. The minimum atomic E-state index is -3.53. The monoisotopic (exact) mass is 540 g/mol. The topological polar surface area (TPSA) is 52.6 Å². The van der Waals surface area contributed by atoms with Crippen LogP contribution >= 0.6 is 31.9 Å². The maximum Gasteiger partial charge on any atom is 0.264 e. The van der Waals surface area contributed by atoms with Gasteiger partial charge in [0.15, 0.2) is 0 Å². The molecule has 0 aromatic heterocycles. The lowest BCUT2D eigenvalue weighted by Gasteiger charge is -2.17. The predicted molar refractivity (Wildman–Crippen MR) is 125 cm³/mol. The lowest BCUT2D eigenvalue weighted by atomic mass is 9.98. The van der Waals surface area contributed by atoms with Crippen LogP contribution in [-0.4, -0.2) is 32.7 Å². The van der Waals surface area contributed by atoms with Gasteiger partial charge in [-0.1, -0.05) is 68.3 Å². The standard InChI is InChI=1S/C22H22Br2O4S/c1-29(25,26)28-20(5-3-13-23)15-27-19-11-12-22-17(14-19)4-2-6-21(22)16-7-9-18(24)10-8-16/h2,4,6-12,14,20H,3,5,13,15H2,1H3. The summed E-state index contributed by atoms with van der Waals surface area (Å²) >= 11 is 6.83. The zero-order valence-corrected chi connectivity index (χ0v) is 20.0. The van der Waals surface area contributed by atoms with Gasteiger partial charge in [-0.05, 0) is 59.0 Å². The molecule has 3 aromatic rings. The number of hydrogen-bond acceptors (Lipinski definition) is 4. The predicted octanol–water partition coefficient (Wildman–Crippen LogP) is 6.17. The molecule has 0 aliphatic heterocycles. The lowest BCUT2D eigenvalue weighted by molar-refractivity contribution is 0.127. The summed E-state index contributed by atoms with van der Waals surface area (Å²) in [7, 11) is -3.53. The first-order valence-electron chi connectivity index (χ1n) is 9.21. The summed E-state index contributed by atoms with van der Waals surface area (Å²) in [6, 6.07) is 20.3. The second-order valence-electron chi connectivity index (χ2n) is 6.76. The Kier molecular flexibility index (Phi) is 7.73. The van der Waals surface area contributed by atoms with Crippen LogP contribution in [0.1, 0.15) is 12.8 Å². The molecule has 0 aliphatic carbocycles. The molecular weight excluding hydrogens is 520 g/mol. The van der Waals surface area contributed by atoms with Crippen LogP contribution in [0.15, 0.2) is 65.1 Å². The van der Waals surface area contributed by atoms with Crippen LogP contribution in [0.2, 0.25) is 0 Å². The van der Waals surface area contributed by atoms with Crippen molar-refractivity contribution in [1.29, 1.82) is 0 Å². The molecule has 1 unspecified atom stereocenters. The van der Waals surface area contributed by atoms with Crippen molar-refractivity contribution in [2.24, 2.45) is 0 Å². The molecule has 3 rings (SSSR count). The summed E-state index contributed by atoms with van der Waals surface area (Å²) < 4.78 is 35.1. The van der Waals surface area contributed by atoms with Crippen LogP contribution in [0.5, 0.6) is 5.75 Å². The van der Waals surface area contributed by atoms with Gasteiger partial charge in [-0.2, -0.15) is 8.42 Å². The molecule has 29 heavy (non-hydrogen) atoms. The van der Waals surface area contributed by atoms with Gasteiger partial charge < -0.3 is 4.74 Å². The van der Waals surface area contributed by atoms with E-state index in [0.29, 0.717) is 12.2 Å². The normalized spacial score (nSPS) is 12.8. The molecular formula is C22H22Br2O4S. The van der Waals surface area contributed by atoms with E-state index in [4.69, 9.17) is 8.92 Å². The molecule has 0 spiro atoms. The molecule has 0 amide bonds. The Morgan fingerprint density at radius 2 is 1.79 bits per heavy atom. The molecule has 154 valence electrons. The van der Waals surface area contributed by atoms with Crippen LogP contribution in [0, 0.1) is 0 Å². The zero-order chi connectivity index (χ0) is 20.9.